The lowest BCUT2D eigenvalue weighted by molar-refractivity contribution is 0.425. The summed E-state index contributed by atoms with van der Waals surface area (Å²) < 4.78 is 34.2. The van der Waals surface area contributed by atoms with Crippen LogP contribution >= 0.6 is 0 Å². The number of halogens is 1. The number of nitrogens with two attached hydrogens (primary N) is 1. The molecule has 0 aliphatic heterocycles. The minimum atomic E-state index is -3.50. The Morgan fingerprint density at radius 2 is 2.08 bits per heavy atom. The first-order valence-corrected chi connectivity index (χ1v) is 5.81. The minimum Gasteiger partial charge on any atom is -0.328 e. The van der Waals surface area contributed by atoms with Gasteiger partial charge in [0, 0.05) is 6.04 Å². The third kappa shape index (κ3) is 2.17. The molecule has 5 heteroatoms. The minimum absolute atomic E-state index is 0.0647. The molecule has 0 radical (unpaired) electrons. The molecule has 1 saturated carbocycles. The quantitative estimate of drug-likeness (QED) is 0.701. The summed E-state index contributed by atoms with van der Waals surface area (Å²) >= 11 is 0. The Morgan fingerprint density at radius 3 is 2.58 bits per heavy atom. The van der Waals surface area contributed by atoms with Crippen LogP contribution < -0.4 is 5.73 Å². The molecule has 0 spiro atoms. The molecule has 72 valence electrons. The van der Waals surface area contributed by atoms with Crippen molar-refractivity contribution in [2.45, 2.75) is 37.0 Å². The molecule has 0 amide bonds. The number of sulfone groups is 1. The van der Waals surface area contributed by atoms with Gasteiger partial charge in [0.15, 0.2) is 15.8 Å². The molecule has 2 atom stereocenters. The maximum Gasteiger partial charge on any atom is 0.191 e. The van der Waals surface area contributed by atoms with E-state index in [2.05, 4.69) is 0 Å². The fourth-order valence-electron chi connectivity index (χ4n) is 1.60. The Kier molecular flexibility index (Phi) is 3.06. The van der Waals surface area contributed by atoms with Crippen LogP contribution in [0.15, 0.2) is 0 Å². The topological polar surface area (TPSA) is 60.2 Å². The summed E-state index contributed by atoms with van der Waals surface area (Å²) in [5, 5.41) is -0.536. The predicted octanol–water partition coefficient (Wildman–Crippen LogP) is 0.598. The number of hydrogen-bond donors (Lipinski definition) is 1. The second-order valence-electron chi connectivity index (χ2n) is 3.32. The second-order valence-corrected chi connectivity index (χ2v) is 5.53. The summed E-state index contributed by atoms with van der Waals surface area (Å²) in [7, 11) is -3.50. The number of alkyl halides is 1. The predicted molar refractivity (Wildman–Crippen MR) is 45.1 cm³/mol. The Morgan fingerprint density at radius 1 is 1.42 bits per heavy atom. The third-order valence-corrected chi connectivity index (χ3v) is 4.07. The van der Waals surface area contributed by atoms with E-state index in [0.717, 1.165) is 12.8 Å². The first kappa shape index (κ1) is 9.92. The highest BCUT2D eigenvalue weighted by molar-refractivity contribution is 7.91. The molecule has 0 aromatic carbocycles. The summed E-state index contributed by atoms with van der Waals surface area (Å²) in [4.78, 5) is 0. The highest BCUT2D eigenvalue weighted by Crippen LogP contribution is 2.23. The van der Waals surface area contributed by atoms with E-state index in [4.69, 9.17) is 5.73 Å². The van der Waals surface area contributed by atoms with Gasteiger partial charge in [-0.2, -0.15) is 0 Å². The van der Waals surface area contributed by atoms with Crippen molar-refractivity contribution in [3.63, 3.8) is 0 Å². The summed E-state index contributed by atoms with van der Waals surface area (Å²) in [6.07, 6.45) is 2.65. The number of rotatable bonds is 2. The van der Waals surface area contributed by atoms with E-state index in [1.807, 2.05) is 0 Å². The number of hydrogen-bond acceptors (Lipinski definition) is 3. The normalized spacial score (nSPS) is 31.8. The zero-order chi connectivity index (χ0) is 9.19. The summed E-state index contributed by atoms with van der Waals surface area (Å²) in [5.41, 5.74) is 5.59. The molecule has 2 N–H and O–H groups in total. The smallest absolute Gasteiger partial charge is 0.191 e. The van der Waals surface area contributed by atoms with Crippen LogP contribution in [0.2, 0.25) is 0 Å². The monoisotopic (exact) mass is 195 g/mol. The first-order chi connectivity index (χ1) is 5.56. The van der Waals surface area contributed by atoms with Crippen LogP contribution in [0.5, 0.6) is 0 Å². The fourth-order valence-corrected chi connectivity index (χ4v) is 2.84. The molecule has 1 rings (SSSR count). The maximum atomic E-state index is 12.1. The van der Waals surface area contributed by atoms with Crippen LogP contribution in [-0.4, -0.2) is 25.7 Å². The lowest BCUT2D eigenvalue weighted by Crippen LogP contribution is -2.35. The van der Waals surface area contributed by atoms with Gasteiger partial charge >= 0.3 is 0 Å². The van der Waals surface area contributed by atoms with Crippen LogP contribution in [0.4, 0.5) is 4.39 Å². The first-order valence-electron chi connectivity index (χ1n) is 4.09. The van der Waals surface area contributed by atoms with E-state index >= 15 is 0 Å². The standard InChI is InChI=1S/C7H14FNO2S/c8-5-12(10,11)7-3-1-2-6(9)4-7/h6-7H,1-5,9H2. The fraction of sp³-hybridized carbons (Fsp3) is 1.00. The largest absolute Gasteiger partial charge is 0.328 e. The van der Waals surface area contributed by atoms with Crippen molar-refractivity contribution in [3.8, 4) is 0 Å². The Bertz CT molecular complexity index is 240. The van der Waals surface area contributed by atoms with Crippen molar-refractivity contribution in [2.75, 3.05) is 6.01 Å². The van der Waals surface area contributed by atoms with E-state index in [-0.39, 0.29) is 6.04 Å². The van der Waals surface area contributed by atoms with Gasteiger partial charge in [-0.1, -0.05) is 6.42 Å². The molecule has 1 aliphatic rings. The molecule has 0 aromatic rings. The van der Waals surface area contributed by atoms with Crippen LogP contribution in [0.25, 0.3) is 0 Å². The molecule has 0 saturated heterocycles. The highest BCUT2D eigenvalue weighted by Gasteiger charge is 2.29. The van der Waals surface area contributed by atoms with Crippen LogP contribution in [-0.2, 0) is 9.84 Å². The second kappa shape index (κ2) is 3.70. The van der Waals surface area contributed by atoms with Crippen LogP contribution in [0, 0.1) is 0 Å². The SMILES string of the molecule is NC1CCCC(S(=O)(=O)CF)C1. The Balaban J connectivity index is 2.63. The van der Waals surface area contributed by atoms with Gasteiger partial charge in [0.05, 0.1) is 5.25 Å². The lowest BCUT2D eigenvalue weighted by atomic mass is 9.96. The zero-order valence-electron chi connectivity index (χ0n) is 6.87. The Hall–Kier alpha value is -0.160. The molecular weight excluding hydrogens is 181 g/mol. The Labute approximate surface area is 72.1 Å². The molecule has 0 aromatic heterocycles. The van der Waals surface area contributed by atoms with Crippen molar-refractivity contribution < 1.29 is 12.8 Å². The summed E-state index contributed by atoms with van der Waals surface area (Å²) in [6.45, 7) is 0. The third-order valence-electron chi connectivity index (χ3n) is 2.33. The summed E-state index contributed by atoms with van der Waals surface area (Å²) in [6, 6.07) is -1.31. The van der Waals surface area contributed by atoms with Crippen LogP contribution in [0.3, 0.4) is 0 Å². The van der Waals surface area contributed by atoms with Crippen molar-refractivity contribution in [1.82, 2.24) is 0 Å². The average Bonchev–Trinajstić information content (AvgIpc) is 2.05. The molecule has 12 heavy (non-hydrogen) atoms. The van der Waals surface area contributed by atoms with Gasteiger partial charge < -0.3 is 5.73 Å². The van der Waals surface area contributed by atoms with Crippen molar-refractivity contribution in [3.05, 3.63) is 0 Å². The van der Waals surface area contributed by atoms with Crippen molar-refractivity contribution in [2.24, 2.45) is 5.73 Å². The van der Waals surface area contributed by atoms with E-state index in [1.54, 1.807) is 0 Å². The van der Waals surface area contributed by atoms with E-state index in [9.17, 15) is 12.8 Å². The van der Waals surface area contributed by atoms with Gasteiger partial charge in [-0.25, -0.2) is 12.8 Å². The molecule has 1 aliphatic carbocycles. The van der Waals surface area contributed by atoms with Gasteiger partial charge in [0.25, 0.3) is 0 Å². The molecular formula is C7H14FNO2S. The molecule has 0 bridgehead atoms. The van der Waals surface area contributed by atoms with Gasteiger partial charge in [-0.15, -0.1) is 0 Å². The molecule has 2 unspecified atom stereocenters. The van der Waals surface area contributed by atoms with E-state index < -0.39 is 21.1 Å². The molecule has 1 fully saturated rings. The summed E-state index contributed by atoms with van der Waals surface area (Å²) in [5.74, 6) is 0. The molecule has 0 heterocycles. The van der Waals surface area contributed by atoms with Crippen LogP contribution in [0.1, 0.15) is 25.7 Å². The van der Waals surface area contributed by atoms with Gasteiger partial charge in [0.2, 0.25) is 0 Å². The van der Waals surface area contributed by atoms with Crippen molar-refractivity contribution in [1.29, 1.82) is 0 Å². The lowest BCUT2D eigenvalue weighted by Gasteiger charge is -2.25. The maximum absolute atomic E-state index is 12.1. The average molecular weight is 195 g/mol. The van der Waals surface area contributed by atoms with E-state index in [1.165, 1.54) is 0 Å². The van der Waals surface area contributed by atoms with Crippen molar-refractivity contribution >= 4 is 9.84 Å². The van der Waals surface area contributed by atoms with E-state index in [0.29, 0.717) is 12.8 Å². The van der Waals surface area contributed by atoms with Gasteiger partial charge in [-0.3, -0.25) is 0 Å². The zero-order valence-corrected chi connectivity index (χ0v) is 7.69. The molecule has 3 nitrogen and oxygen atoms in total. The van der Waals surface area contributed by atoms with Gasteiger partial charge in [-0.05, 0) is 19.3 Å². The van der Waals surface area contributed by atoms with Gasteiger partial charge in [0.1, 0.15) is 0 Å². The highest BCUT2D eigenvalue weighted by atomic mass is 32.2.